The molecule has 0 atom stereocenters. The Hall–Kier alpha value is -0.940. The Morgan fingerprint density at radius 1 is 1.27 bits per heavy atom. The van der Waals surface area contributed by atoms with Crippen molar-refractivity contribution in [1.82, 2.24) is 25.6 Å². The van der Waals surface area contributed by atoms with Crippen molar-refractivity contribution in [2.75, 3.05) is 26.2 Å². The third-order valence-electron chi connectivity index (χ3n) is 2.78. The largest absolute Gasteiger partial charge is 0.314 e. The summed E-state index contributed by atoms with van der Waals surface area (Å²) < 4.78 is 0. The number of nitrogens with zero attached hydrogens (tertiary/aromatic N) is 3. The Kier molecular flexibility index (Phi) is 3.33. The number of nitrogens with one attached hydrogen (secondary N) is 2. The fourth-order valence-electron chi connectivity index (χ4n) is 1.92. The molecule has 2 rings (SSSR count). The van der Waals surface area contributed by atoms with Gasteiger partial charge in [0.2, 0.25) is 0 Å². The van der Waals surface area contributed by atoms with Crippen molar-refractivity contribution >= 4 is 0 Å². The van der Waals surface area contributed by atoms with E-state index in [-0.39, 0.29) is 0 Å². The molecule has 0 spiro atoms. The van der Waals surface area contributed by atoms with Crippen LogP contribution < -0.4 is 5.32 Å². The van der Waals surface area contributed by atoms with E-state index in [9.17, 15) is 0 Å². The average Bonchev–Trinajstić information content (AvgIpc) is 2.67. The van der Waals surface area contributed by atoms with Gasteiger partial charge in [-0.1, -0.05) is 13.8 Å². The predicted octanol–water partition coefficient (Wildman–Crippen LogP) is 0.333. The van der Waals surface area contributed by atoms with Crippen LogP contribution in [0.5, 0.6) is 0 Å². The molecule has 5 heteroatoms. The second-order valence-electron chi connectivity index (χ2n) is 4.34. The van der Waals surface area contributed by atoms with Crippen molar-refractivity contribution in [2.45, 2.75) is 26.3 Å². The van der Waals surface area contributed by atoms with E-state index in [2.05, 4.69) is 39.5 Å². The monoisotopic (exact) mass is 209 g/mol. The molecule has 0 bridgehead atoms. The minimum absolute atomic E-state index is 0.446. The standard InChI is InChI=1S/C10H19N5/c1-8(2)10-9(12-14-13-10)7-15-5-3-11-4-6-15/h8,11H,3-7H2,1-2H3,(H,12,13,14). The summed E-state index contributed by atoms with van der Waals surface area (Å²) in [6.45, 7) is 9.59. The lowest BCUT2D eigenvalue weighted by molar-refractivity contribution is 0.230. The highest BCUT2D eigenvalue weighted by molar-refractivity contribution is 5.12. The maximum absolute atomic E-state index is 4.23. The van der Waals surface area contributed by atoms with E-state index in [0.717, 1.165) is 44.1 Å². The van der Waals surface area contributed by atoms with Gasteiger partial charge in [0.05, 0.1) is 11.4 Å². The van der Waals surface area contributed by atoms with Gasteiger partial charge in [-0.25, -0.2) is 0 Å². The Morgan fingerprint density at radius 2 is 2.00 bits per heavy atom. The summed E-state index contributed by atoms with van der Waals surface area (Å²) in [5.74, 6) is 0.446. The zero-order chi connectivity index (χ0) is 10.7. The molecule has 1 aliphatic heterocycles. The van der Waals surface area contributed by atoms with Gasteiger partial charge in [0.1, 0.15) is 0 Å². The van der Waals surface area contributed by atoms with E-state index in [1.54, 1.807) is 0 Å². The number of hydrogen-bond donors (Lipinski definition) is 2. The van der Waals surface area contributed by atoms with E-state index in [1.165, 1.54) is 0 Å². The third kappa shape index (κ3) is 2.54. The summed E-state index contributed by atoms with van der Waals surface area (Å²) in [5.41, 5.74) is 2.21. The highest BCUT2D eigenvalue weighted by Gasteiger charge is 2.16. The summed E-state index contributed by atoms with van der Waals surface area (Å²) >= 11 is 0. The van der Waals surface area contributed by atoms with Crippen LogP contribution in [0, 0.1) is 0 Å². The number of aromatic amines is 1. The van der Waals surface area contributed by atoms with Crippen LogP contribution in [0.25, 0.3) is 0 Å². The van der Waals surface area contributed by atoms with Crippen LogP contribution in [0.3, 0.4) is 0 Å². The van der Waals surface area contributed by atoms with Crippen molar-refractivity contribution in [2.24, 2.45) is 0 Å². The van der Waals surface area contributed by atoms with Gasteiger partial charge in [0.25, 0.3) is 0 Å². The molecular weight excluding hydrogens is 190 g/mol. The van der Waals surface area contributed by atoms with Gasteiger partial charge < -0.3 is 5.32 Å². The van der Waals surface area contributed by atoms with E-state index in [1.807, 2.05) is 0 Å². The van der Waals surface area contributed by atoms with Gasteiger partial charge >= 0.3 is 0 Å². The van der Waals surface area contributed by atoms with Crippen molar-refractivity contribution in [3.8, 4) is 0 Å². The first kappa shape index (κ1) is 10.6. The predicted molar refractivity (Wildman–Crippen MR) is 58.6 cm³/mol. The van der Waals surface area contributed by atoms with Gasteiger partial charge in [-0.3, -0.25) is 4.90 Å². The van der Waals surface area contributed by atoms with Crippen LogP contribution in [0.4, 0.5) is 0 Å². The molecule has 15 heavy (non-hydrogen) atoms. The Balaban J connectivity index is 1.99. The first-order valence-corrected chi connectivity index (χ1v) is 5.60. The molecule has 2 heterocycles. The molecule has 0 unspecified atom stereocenters. The van der Waals surface area contributed by atoms with Gasteiger partial charge in [0, 0.05) is 32.7 Å². The zero-order valence-corrected chi connectivity index (χ0v) is 9.45. The first-order chi connectivity index (χ1) is 7.27. The van der Waals surface area contributed by atoms with Gasteiger partial charge in [-0.15, -0.1) is 0 Å². The number of hydrogen-bond acceptors (Lipinski definition) is 4. The summed E-state index contributed by atoms with van der Waals surface area (Å²) in [7, 11) is 0. The fraction of sp³-hybridized carbons (Fsp3) is 0.800. The number of piperazine rings is 1. The molecule has 0 aliphatic carbocycles. The summed E-state index contributed by atoms with van der Waals surface area (Å²) in [5, 5.41) is 14.5. The topological polar surface area (TPSA) is 56.8 Å². The number of aromatic nitrogens is 3. The summed E-state index contributed by atoms with van der Waals surface area (Å²) in [6.07, 6.45) is 0. The van der Waals surface area contributed by atoms with E-state index in [0.29, 0.717) is 5.92 Å². The van der Waals surface area contributed by atoms with Crippen molar-refractivity contribution < 1.29 is 0 Å². The molecule has 0 saturated carbocycles. The SMILES string of the molecule is CC(C)c1n[nH]nc1CN1CCNCC1. The molecule has 0 radical (unpaired) electrons. The second-order valence-corrected chi connectivity index (χ2v) is 4.34. The molecule has 0 amide bonds. The van der Waals surface area contributed by atoms with Crippen LogP contribution in [0.15, 0.2) is 0 Å². The Labute approximate surface area is 90.2 Å². The lowest BCUT2D eigenvalue weighted by Gasteiger charge is -2.26. The molecule has 1 aromatic rings. The van der Waals surface area contributed by atoms with Crippen LogP contribution in [0.1, 0.15) is 31.2 Å². The minimum Gasteiger partial charge on any atom is -0.314 e. The Bertz CT molecular complexity index is 301. The quantitative estimate of drug-likeness (QED) is 0.753. The molecule has 1 aromatic heterocycles. The van der Waals surface area contributed by atoms with E-state index < -0.39 is 0 Å². The van der Waals surface area contributed by atoms with Gasteiger partial charge in [0.15, 0.2) is 0 Å². The molecule has 84 valence electrons. The Morgan fingerprint density at radius 3 is 2.67 bits per heavy atom. The lowest BCUT2D eigenvalue weighted by Crippen LogP contribution is -2.43. The highest BCUT2D eigenvalue weighted by atomic mass is 15.3. The number of H-pyrrole nitrogens is 1. The van der Waals surface area contributed by atoms with Gasteiger partial charge in [-0.05, 0) is 5.92 Å². The third-order valence-corrected chi connectivity index (χ3v) is 2.78. The molecule has 1 saturated heterocycles. The fourth-order valence-corrected chi connectivity index (χ4v) is 1.92. The molecule has 1 fully saturated rings. The molecule has 1 aliphatic rings. The normalized spacial score (nSPS) is 18.6. The minimum atomic E-state index is 0.446. The lowest BCUT2D eigenvalue weighted by atomic mass is 10.1. The molecular formula is C10H19N5. The van der Waals surface area contributed by atoms with Crippen LogP contribution >= 0.6 is 0 Å². The first-order valence-electron chi connectivity index (χ1n) is 5.60. The average molecular weight is 209 g/mol. The molecule has 0 aromatic carbocycles. The van der Waals surface area contributed by atoms with Crippen LogP contribution in [-0.2, 0) is 6.54 Å². The molecule has 2 N–H and O–H groups in total. The van der Waals surface area contributed by atoms with Crippen molar-refractivity contribution in [3.63, 3.8) is 0 Å². The second kappa shape index (κ2) is 4.72. The number of rotatable bonds is 3. The van der Waals surface area contributed by atoms with Gasteiger partial charge in [-0.2, -0.15) is 15.4 Å². The van der Waals surface area contributed by atoms with Crippen LogP contribution in [0.2, 0.25) is 0 Å². The van der Waals surface area contributed by atoms with Crippen LogP contribution in [-0.4, -0.2) is 46.5 Å². The van der Waals surface area contributed by atoms with E-state index in [4.69, 9.17) is 0 Å². The van der Waals surface area contributed by atoms with E-state index >= 15 is 0 Å². The smallest absolute Gasteiger partial charge is 0.0999 e. The zero-order valence-electron chi connectivity index (χ0n) is 9.45. The summed E-state index contributed by atoms with van der Waals surface area (Å²) in [6, 6.07) is 0. The molecule has 5 nitrogen and oxygen atoms in total. The maximum atomic E-state index is 4.23. The maximum Gasteiger partial charge on any atom is 0.0999 e. The van der Waals surface area contributed by atoms with Crippen molar-refractivity contribution in [3.05, 3.63) is 11.4 Å². The summed E-state index contributed by atoms with van der Waals surface area (Å²) in [4.78, 5) is 2.42. The van der Waals surface area contributed by atoms with Crippen molar-refractivity contribution in [1.29, 1.82) is 0 Å². The highest BCUT2D eigenvalue weighted by Crippen LogP contribution is 2.15.